The predicted molar refractivity (Wildman–Crippen MR) is 64.0 cm³/mol. The second kappa shape index (κ2) is 4.69. The first kappa shape index (κ1) is 11.2. The molecule has 0 saturated heterocycles. The van der Waals surface area contributed by atoms with Crippen molar-refractivity contribution < 1.29 is 9.90 Å². The number of aromatic amines is 1. The molecule has 5 nitrogen and oxygen atoms in total. The summed E-state index contributed by atoms with van der Waals surface area (Å²) in [6, 6.07) is 8.62. The summed E-state index contributed by atoms with van der Waals surface area (Å²) in [4.78, 5) is 10.7. The third kappa shape index (κ3) is 2.63. The van der Waals surface area contributed by atoms with Crippen LogP contribution in [0.4, 0.5) is 5.69 Å². The highest BCUT2D eigenvalue weighted by molar-refractivity contribution is 5.87. The molecule has 2 rings (SSSR count). The number of rotatable bonds is 4. The molecule has 0 aliphatic rings. The average Bonchev–Trinajstić information content (AvgIpc) is 2.83. The van der Waals surface area contributed by atoms with Gasteiger partial charge in [-0.3, -0.25) is 5.10 Å². The van der Waals surface area contributed by atoms with E-state index in [0.29, 0.717) is 0 Å². The Labute approximate surface area is 98.5 Å². The fourth-order valence-electron chi connectivity index (χ4n) is 1.54. The summed E-state index contributed by atoms with van der Waals surface area (Å²) < 4.78 is 0. The van der Waals surface area contributed by atoms with Crippen LogP contribution in [-0.4, -0.2) is 21.3 Å². The van der Waals surface area contributed by atoms with Crippen molar-refractivity contribution in [2.24, 2.45) is 0 Å². The smallest absolute Gasteiger partial charge is 0.335 e. The Bertz CT molecular complexity index is 491. The minimum atomic E-state index is -0.918. The van der Waals surface area contributed by atoms with Gasteiger partial charge in [0.25, 0.3) is 0 Å². The first-order chi connectivity index (χ1) is 8.16. The first-order valence-corrected chi connectivity index (χ1v) is 5.26. The van der Waals surface area contributed by atoms with Crippen LogP contribution in [0.25, 0.3) is 0 Å². The van der Waals surface area contributed by atoms with Crippen LogP contribution in [0, 0.1) is 0 Å². The minimum Gasteiger partial charge on any atom is -0.478 e. The third-order valence-electron chi connectivity index (χ3n) is 2.50. The lowest BCUT2D eigenvalue weighted by Crippen LogP contribution is -2.07. The molecular weight excluding hydrogens is 218 g/mol. The summed E-state index contributed by atoms with van der Waals surface area (Å²) in [5.74, 6) is -0.918. The second-order valence-corrected chi connectivity index (χ2v) is 3.76. The summed E-state index contributed by atoms with van der Waals surface area (Å²) in [6.07, 6.45) is 1.70. The zero-order valence-corrected chi connectivity index (χ0v) is 9.34. The molecule has 1 aromatic carbocycles. The third-order valence-corrected chi connectivity index (χ3v) is 2.50. The zero-order valence-electron chi connectivity index (χ0n) is 9.34. The van der Waals surface area contributed by atoms with Crippen LogP contribution in [0.1, 0.15) is 29.0 Å². The minimum absolute atomic E-state index is 0.0909. The summed E-state index contributed by atoms with van der Waals surface area (Å²) in [5.41, 5.74) is 2.13. The van der Waals surface area contributed by atoms with Gasteiger partial charge in [0.05, 0.1) is 17.3 Å². The molecule has 1 atom stereocenters. The number of carbonyl (C=O) groups is 1. The van der Waals surface area contributed by atoms with Crippen LogP contribution in [-0.2, 0) is 0 Å². The van der Waals surface area contributed by atoms with Gasteiger partial charge in [-0.25, -0.2) is 4.79 Å². The van der Waals surface area contributed by atoms with E-state index in [0.717, 1.165) is 11.4 Å². The van der Waals surface area contributed by atoms with Gasteiger partial charge in [-0.1, -0.05) is 0 Å². The first-order valence-electron chi connectivity index (χ1n) is 5.26. The molecule has 0 aliphatic carbocycles. The molecule has 88 valence electrons. The molecule has 17 heavy (non-hydrogen) atoms. The quantitative estimate of drug-likeness (QED) is 0.754. The Kier molecular flexibility index (Phi) is 3.09. The lowest BCUT2D eigenvalue weighted by atomic mass is 10.2. The fraction of sp³-hybridized carbons (Fsp3) is 0.167. The van der Waals surface area contributed by atoms with E-state index in [1.54, 1.807) is 30.5 Å². The molecule has 1 heterocycles. The number of hydrogen-bond donors (Lipinski definition) is 3. The summed E-state index contributed by atoms with van der Waals surface area (Å²) >= 11 is 0. The van der Waals surface area contributed by atoms with E-state index in [2.05, 4.69) is 15.5 Å². The predicted octanol–water partition coefficient (Wildman–Crippen LogP) is 2.28. The number of aromatic carboxylic acids is 1. The van der Waals surface area contributed by atoms with Crippen molar-refractivity contribution in [3.8, 4) is 0 Å². The van der Waals surface area contributed by atoms with Gasteiger partial charge in [0.2, 0.25) is 0 Å². The van der Waals surface area contributed by atoms with E-state index >= 15 is 0 Å². The highest BCUT2D eigenvalue weighted by Gasteiger charge is 2.07. The fourth-order valence-corrected chi connectivity index (χ4v) is 1.54. The Morgan fingerprint density at radius 1 is 1.35 bits per heavy atom. The number of aromatic nitrogens is 2. The van der Waals surface area contributed by atoms with Gasteiger partial charge in [-0.2, -0.15) is 5.10 Å². The van der Waals surface area contributed by atoms with Crippen LogP contribution in [0.15, 0.2) is 36.5 Å². The molecule has 0 amide bonds. The molecule has 0 spiro atoms. The van der Waals surface area contributed by atoms with Crippen molar-refractivity contribution in [1.29, 1.82) is 0 Å². The van der Waals surface area contributed by atoms with Crippen LogP contribution < -0.4 is 5.32 Å². The normalized spacial score (nSPS) is 12.1. The summed E-state index contributed by atoms with van der Waals surface area (Å²) in [5, 5.41) is 18.8. The Hall–Kier alpha value is -2.30. The van der Waals surface area contributed by atoms with Gasteiger partial charge in [0, 0.05) is 11.9 Å². The van der Waals surface area contributed by atoms with E-state index in [9.17, 15) is 4.79 Å². The maximum absolute atomic E-state index is 10.7. The van der Waals surface area contributed by atoms with Gasteiger partial charge in [-0.15, -0.1) is 0 Å². The van der Waals surface area contributed by atoms with Gasteiger partial charge in [-0.05, 0) is 37.3 Å². The lowest BCUT2D eigenvalue weighted by molar-refractivity contribution is 0.0697. The molecule has 0 radical (unpaired) electrons. The van der Waals surface area contributed by atoms with Crippen molar-refractivity contribution in [2.75, 3.05) is 5.32 Å². The number of carboxylic acids is 1. The molecule has 3 N–H and O–H groups in total. The van der Waals surface area contributed by atoms with Crippen molar-refractivity contribution >= 4 is 11.7 Å². The average molecular weight is 231 g/mol. The standard InChI is InChI=1S/C12H13N3O2/c1-8(11-6-7-13-15-11)14-10-4-2-9(3-5-10)12(16)17/h2-8,14H,1H3,(H,13,15)(H,16,17). The number of nitrogens with zero attached hydrogens (tertiary/aromatic N) is 1. The Morgan fingerprint density at radius 2 is 2.06 bits per heavy atom. The van der Waals surface area contributed by atoms with E-state index in [-0.39, 0.29) is 11.6 Å². The maximum atomic E-state index is 10.7. The van der Waals surface area contributed by atoms with E-state index < -0.39 is 5.97 Å². The number of anilines is 1. The molecule has 0 saturated carbocycles. The van der Waals surface area contributed by atoms with Crippen LogP contribution in [0.2, 0.25) is 0 Å². The zero-order chi connectivity index (χ0) is 12.3. The largest absolute Gasteiger partial charge is 0.478 e. The Balaban J connectivity index is 2.06. The highest BCUT2D eigenvalue weighted by Crippen LogP contribution is 2.17. The summed E-state index contributed by atoms with van der Waals surface area (Å²) in [7, 11) is 0. The molecule has 1 aromatic heterocycles. The van der Waals surface area contributed by atoms with Crippen molar-refractivity contribution in [2.45, 2.75) is 13.0 Å². The number of nitrogens with one attached hydrogen (secondary N) is 2. The van der Waals surface area contributed by atoms with Gasteiger partial charge in [0.15, 0.2) is 0 Å². The molecule has 0 bridgehead atoms. The van der Waals surface area contributed by atoms with Gasteiger partial charge < -0.3 is 10.4 Å². The van der Waals surface area contributed by atoms with E-state index in [1.807, 2.05) is 13.0 Å². The van der Waals surface area contributed by atoms with Gasteiger partial charge in [0.1, 0.15) is 0 Å². The second-order valence-electron chi connectivity index (χ2n) is 3.76. The summed E-state index contributed by atoms with van der Waals surface area (Å²) in [6.45, 7) is 2.00. The molecular formula is C12H13N3O2. The molecule has 2 aromatic rings. The molecule has 1 unspecified atom stereocenters. The number of benzene rings is 1. The van der Waals surface area contributed by atoms with Crippen LogP contribution in [0.3, 0.4) is 0 Å². The van der Waals surface area contributed by atoms with Crippen molar-refractivity contribution in [1.82, 2.24) is 10.2 Å². The number of hydrogen-bond acceptors (Lipinski definition) is 3. The Morgan fingerprint density at radius 3 is 2.59 bits per heavy atom. The highest BCUT2D eigenvalue weighted by atomic mass is 16.4. The SMILES string of the molecule is CC(Nc1ccc(C(=O)O)cc1)c1ccn[nH]1. The molecule has 0 aliphatic heterocycles. The molecule has 0 fully saturated rings. The molecule has 5 heteroatoms. The van der Waals surface area contributed by atoms with Crippen LogP contribution >= 0.6 is 0 Å². The number of H-pyrrole nitrogens is 1. The lowest BCUT2D eigenvalue weighted by Gasteiger charge is -2.13. The topological polar surface area (TPSA) is 78.0 Å². The van der Waals surface area contributed by atoms with Crippen molar-refractivity contribution in [3.63, 3.8) is 0 Å². The van der Waals surface area contributed by atoms with Gasteiger partial charge >= 0.3 is 5.97 Å². The van der Waals surface area contributed by atoms with Crippen LogP contribution in [0.5, 0.6) is 0 Å². The number of carboxylic acid groups (broad SMARTS) is 1. The van der Waals surface area contributed by atoms with E-state index in [4.69, 9.17) is 5.11 Å². The van der Waals surface area contributed by atoms with E-state index in [1.165, 1.54) is 0 Å². The monoisotopic (exact) mass is 231 g/mol. The maximum Gasteiger partial charge on any atom is 0.335 e. The van der Waals surface area contributed by atoms with Crippen molar-refractivity contribution in [3.05, 3.63) is 47.8 Å².